The summed E-state index contributed by atoms with van der Waals surface area (Å²) in [4.78, 5) is 0. The topological polar surface area (TPSA) is 58.5 Å². The van der Waals surface area contributed by atoms with E-state index in [1.54, 1.807) is 0 Å². The Balaban J connectivity index is 1.69. The summed E-state index contributed by atoms with van der Waals surface area (Å²) in [7, 11) is 0. The third-order valence-electron chi connectivity index (χ3n) is 4.38. The largest absolute Gasteiger partial charge is 0.303 e. The van der Waals surface area contributed by atoms with E-state index in [2.05, 4.69) is 36.4 Å². The minimum atomic E-state index is 0.226. The maximum Gasteiger partial charge on any atom is 0.0743 e. The quantitative estimate of drug-likeness (QED) is 0.773. The zero-order chi connectivity index (χ0) is 13.7. The van der Waals surface area contributed by atoms with Crippen LogP contribution in [0.5, 0.6) is 0 Å². The number of hydrogen-bond acceptors (Lipinski definition) is 4. The van der Waals surface area contributed by atoms with Crippen LogP contribution in [0.2, 0.25) is 0 Å². The Kier molecular flexibility index (Phi) is 2.57. The van der Waals surface area contributed by atoms with Gasteiger partial charge in [0.05, 0.1) is 11.7 Å². The highest BCUT2D eigenvalue weighted by atomic mass is 15.4. The molecule has 20 heavy (non-hydrogen) atoms. The lowest BCUT2D eigenvalue weighted by molar-refractivity contribution is 0.295. The highest BCUT2D eigenvalue weighted by Gasteiger charge is 2.29. The Morgan fingerprint density at radius 2 is 1.70 bits per heavy atom. The van der Waals surface area contributed by atoms with Crippen LogP contribution in [0.25, 0.3) is 0 Å². The molecule has 2 aromatic carbocycles. The standard InChI is InChI=1S/C16H18N4/c17-19-9-13-6-5-12(7-14(13)10-19)16-8-11-3-1-2-4-15(11)20(16)18/h1-7,16H,8-10,17-18H2. The number of fused-ring (bicyclic) bond motifs is 2. The van der Waals surface area contributed by atoms with Crippen LogP contribution >= 0.6 is 0 Å². The molecule has 102 valence electrons. The second-order valence-electron chi connectivity index (χ2n) is 5.69. The van der Waals surface area contributed by atoms with E-state index in [-0.39, 0.29) is 6.04 Å². The third kappa shape index (κ3) is 1.73. The first-order valence-corrected chi connectivity index (χ1v) is 6.95. The van der Waals surface area contributed by atoms with E-state index in [0.29, 0.717) is 0 Å². The lowest BCUT2D eigenvalue weighted by atomic mass is 9.99. The van der Waals surface area contributed by atoms with Crippen molar-refractivity contribution in [3.63, 3.8) is 0 Å². The monoisotopic (exact) mass is 266 g/mol. The Morgan fingerprint density at radius 1 is 0.900 bits per heavy atom. The van der Waals surface area contributed by atoms with E-state index in [4.69, 9.17) is 11.7 Å². The van der Waals surface area contributed by atoms with Crippen molar-refractivity contribution < 1.29 is 0 Å². The van der Waals surface area contributed by atoms with Gasteiger partial charge in [-0.1, -0.05) is 36.4 Å². The van der Waals surface area contributed by atoms with Crippen molar-refractivity contribution in [1.29, 1.82) is 0 Å². The first kappa shape index (κ1) is 11.9. The van der Waals surface area contributed by atoms with Crippen molar-refractivity contribution in [1.82, 2.24) is 5.01 Å². The minimum Gasteiger partial charge on any atom is -0.303 e. The van der Waals surface area contributed by atoms with Gasteiger partial charge in [0.25, 0.3) is 0 Å². The summed E-state index contributed by atoms with van der Waals surface area (Å²) in [5.41, 5.74) is 6.39. The zero-order valence-electron chi connectivity index (χ0n) is 11.3. The highest BCUT2D eigenvalue weighted by molar-refractivity contribution is 5.59. The van der Waals surface area contributed by atoms with Crippen molar-refractivity contribution in [3.8, 4) is 0 Å². The highest BCUT2D eigenvalue weighted by Crippen LogP contribution is 2.38. The van der Waals surface area contributed by atoms with Crippen LogP contribution in [0, 0.1) is 0 Å². The molecule has 2 aliphatic heterocycles. The van der Waals surface area contributed by atoms with Crippen LogP contribution in [0.3, 0.4) is 0 Å². The van der Waals surface area contributed by atoms with Gasteiger partial charge in [-0.2, -0.15) is 0 Å². The fraction of sp³-hybridized carbons (Fsp3) is 0.250. The molecular formula is C16H18N4. The van der Waals surface area contributed by atoms with Crippen molar-refractivity contribution in [3.05, 3.63) is 64.7 Å². The minimum absolute atomic E-state index is 0.226. The summed E-state index contributed by atoms with van der Waals surface area (Å²) in [5.74, 6) is 12.2. The summed E-state index contributed by atoms with van der Waals surface area (Å²) in [6, 6.07) is 15.2. The Morgan fingerprint density at radius 3 is 2.55 bits per heavy atom. The third-order valence-corrected chi connectivity index (χ3v) is 4.38. The number of nitrogens with two attached hydrogens (primary N) is 2. The molecule has 0 saturated carbocycles. The van der Waals surface area contributed by atoms with Gasteiger partial charge >= 0.3 is 0 Å². The van der Waals surface area contributed by atoms with E-state index in [1.807, 2.05) is 16.1 Å². The molecule has 1 atom stereocenters. The zero-order valence-corrected chi connectivity index (χ0v) is 11.3. The molecule has 2 heterocycles. The van der Waals surface area contributed by atoms with E-state index in [0.717, 1.165) is 25.2 Å². The molecule has 0 spiro atoms. The van der Waals surface area contributed by atoms with Crippen LogP contribution < -0.4 is 16.7 Å². The fourth-order valence-corrected chi connectivity index (χ4v) is 3.34. The lowest BCUT2D eigenvalue weighted by Crippen LogP contribution is -2.32. The summed E-state index contributed by atoms with van der Waals surface area (Å²) < 4.78 is 0. The molecule has 0 radical (unpaired) electrons. The van der Waals surface area contributed by atoms with Crippen LogP contribution in [0.1, 0.15) is 28.3 Å². The Bertz CT molecular complexity index is 667. The summed E-state index contributed by atoms with van der Waals surface area (Å²) in [6.45, 7) is 1.67. The molecular weight excluding hydrogens is 248 g/mol. The number of benzene rings is 2. The molecule has 1 unspecified atom stereocenters. The van der Waals surface area contributed by atoms with Gasteiger partial charge < -0.3 is 5.01 Å². The Labute approximate surface area is 118 Å². The van der Waals surface area contributed by atoms with E-state index >= 15 is 0 Å². The van der Waals surface area contributed by atoms with Gasteiger partial charge in [-0.15, -0.1) is 0 Å². The second-order valence-corrected chi connectivity index (χ2v) is 5.69. The summed E-state index contributed by atoms with van der Waals surface area (Å²) in [6.07, 6.45) is 0.970. The maximum absolute atomic E-state index is 6.29. The average Bonchev–Trinajstić information content (AvgIpc) is 2.98. The number of nitrogens with zero attached hydrogens (tertiary/aromatic N) is 2. The number of hydrazine groups is 2. The molecule has 0 bridgehead atoms. The van der Waals surface area contributed by atoms with E-state index in [9.17, 15) is 0 Å². The van der Waals surface area contributed by atoms with Gasteiger partial charge in [-0.05, 0) is 28.3 Å². The van der Waals surface area contributed by atoms with Gasteiger partial charge in [0, 0.05) is 19.5 Å². The molecule has 0 amide bonds. The molecule has 0 saturated heterocycles. The number of rotatable bonds is 1. The van der Waals surface area contributed by atoms with Gasteiger partial charge in [-0.25, -0.2) is 10.9 Å². The van der Waals surface area contributed by atoms with Crippen LogP contribution in [-0.4, -0.2) is 5.01 Å². The number of hydrogen-bond donors (Lipinski definition) is 2. The molecule has 4 rings (SSSR count). The molecule has 2 aliphatic rings. The molecule has 4 nitrogen and oxygen atoms in total. The SMILES string of the molecule is NN1Cc2ccc(C3Cc4ccccc4N3N)cc2C1. The fourth-order valence-electron chi connectivity index (χ4n) is 3.34. The number of anilines is 1. The van der Waals surface area contributed by atoms with Crippen molar-refractivity contribution >= 4 is 5.69 Å². The van der Waals surface area contributed by atoms with Crippen molar-refractivity contribution in [2.24, 2.45) is 11.7 Å². The molecule has 0 fully saturated rings. The maximum atomic E-state index is 6.29. The predicted molar refractivity (Wildman–Crippen MR) is 79.4 cm³/mol. The van der Waals surface area contributed by atoms with Gasteiger partial charge in [-0.3, -0.25) is 5.84 Å². The van der Waals surface area contributed by atoms with E-state index in [1.165, 1.54) is 22.3 Å². The molecule has 2 aromatic rings. The van der Waals surface area contributed by atoms with Crippen LogP contribution in [0.15, 0.2) is 42.5 Å². The second kappa shape index (κ2) is 4.31. The van der Waals surface area contributed by atoms with Crippen molar-refractivity contribution in [2.75, 3.05) is 5.01 Å². The van der Waals surface area contributed by atoms with Crippen LogP contribution in [-0.2, 0) is 19.5 Å². The van der Waals surface area contributed by atoms with Gasteiger partial charge in [0.15, 0.2) is 0 Å². The number of para-hydroxylation sites is 1. The molecule has 0 aromatic heterocycles. The van der Waals surface area contributed by atoms with Gasteiger partial charge in [0.1, 0.15) is 0 Å². The van der Waals surface area contributed by atoms with Gasteiger partial charge in [0.2, 0.25) is 0 Å². The van der Waals surface area contributed by atoms with Crippen LogP contribution in [0.4, 0.5) is 5.69 Å². The van der Waals surface area contributed by atoms with E-state index < -0.39 is 0 Å². The lowest BCUT2D eigenvalue weighted by Gasteiger charge is -2.22. The first-order chi connectivity index (χ1) is 9.72. The normalized spacial score (nSPS) is 21.1. The average molecular weight is 266 g/mol. The molecule has 4 heteroatoms. The Hall–Kier alpha value is -1.88. The predicted octanol–water partition coefficient (Wildman–Crippen LogP) is 1.85. The summed E-state index contributed by atoms with van der Waals surface area (Å²) >= 11 is 0. The molecule has 0 aliphatic carbocycles. The smallest absolute Gasteiger partial charge is 0.0743 e. The molecule has 4 N–H and O–H groups in total. The summed E-state index contributed by atoms with van der Waals surface area (Å²) in [5, 5.41) is 3.74. The van der Waals surface area contributed by atoms with Crippen molar-refractivity contribution in [2.45, 2.75) is 25.6 Å². The first-order valence-electron chi connectivity index (χ1n) is 6.95.